The number of rotatable bonds is 18. The highest BCUT2D eigenvalue weighted by molar-refractivity contribution is 5.76. The van der Waals surface area contributed by atoms with Crippen LogP contribution < -0.4 is 21.7 Å². The number of nitrogens with two attached hydrogens (primary N) is 1. The molecule has 0 heterocycles. The summed E-state index contributed by atoms with van der Waals surface area (Å²) >= 11 is 0. The summed E-state index contributed by atoms with van der Waals surface area (Å²) in [6.45, 7) is 11.9. The van der Waals surface area contributed by atoms with E-state index in [1.807, 2.05) is 0 Å². The molecular weight excluding hydrogens is 580 g/mol. The molecule has 5 fully saturated rings. The van der Waals surface area contributed by atoms with E-state index in [0.717, 1.165) is 39.0 Å². The Morgan fingerprint density at radius 1 is 0.787 bits per heavy atom. The van der Waals surface area contributed by atoms with Crippen LogP contribution in [-0.4, -0.2) is 55.4 Å². The van der Waals surface area contributed by atoms with E-state index in [-0.39, 0.29) is 12.0 Å². The van der Waals surface area contributed by atoms with Crippen LogP contribution in [0.3, 0.4) is 0 Å². The van der Waals surface area contributed by atoms with Gasteiger partial charge in [0, 0.05) is 18.5 Å². The van der Waals surface area contributed by atoms with Gasteiger partial charge < -0.3 is 26.8 Å². The minimum atomic E-state index is -0.137. The summed E-state index contributed by atoms with van der Waals surface area (Å²) in [6, 6.07) is 1.04. The van der Waals surface area contributed by atoms with Crippen LogP contribution in [-0.2, 0) is 4.79 Å². The zero-order chi connectivity index (χ0) is 33.3. The fourth-order valence-corrected chi connectivity index (χ4v) is 12.2. The molecule has 0 saturated heterocycles. The SMILES string of the molecule is C[C@H](CCC(=O)NC1CCCCC1)[C@H]1CCC2C3C(CC[C@@]21C)[C@@]1(C)CC[C@H](NCCCNCCCCCCCCN)CC1C[C@H]3O. The summed E-state index contributed by atoms with van der Waals surface area (Å²) in [6.07, 6.45) is 26.8. The van der Waals surface area contributed by atoms with E-state index < -0.39 is 0 Å². The van der Waals surface area contributed by atoms with Crippen LogP contribution in [0.4, 0.5) is 0 Å². The first kappa shape index (κ1) is 37.6. The van der Waals surface area contributed by atoms with E-state index in [1.54, 1.807) is 0 Å². The smallest absolute Gasteiger partial charge is 0.220 e. The maximum atomic E-state index is 12.8. The molecule has 5 aliphatic rings. The monoisotopic (exact) mass is 657 g/mol. The lowest BCUT2D eigenvalue weighted by Crippen LogP contribution is -2.59. The third kappa shape index (κ3) is 9.36. The highest BCUT2D eigenvalue weighted by atomic mass is 16.3. The number of hydrogen-bond acceptors (Lipinski definition) is 5. The van der Waals surface area contributed by atoms with E-state index in [9.17, 15) is 9.90 Å². The molecule has 10 atom stereocenters. The number of unbranched alkanes of at least 4 members (excludes halogenated alkanes) is 5. The molecule has 4 unspecified atom stereocenters. The quantitative estimate of drug-likeness (QED) is 0.0974. The van der Waals surface area contributed by atoms with E-state index in [0.29, 0.717) is 64.8 Å². The molecule has 6 N–H and O–H groups in total. The molecule has 0 bridgehead atoms. The molecule has 0 aromatic rings. The minimum absolute atomic E-state index is 0.137. The number of hydrogen-bond donors (Lipinski definition) is 5. The van der Waals surface area contributed by atoms with Crippen LogP contribution in [0.5, 0.6) is 0 Å². The largest absolute Gasteiger partial charge is 0.393 e. The van der Waals surface area contributed by atoms with Crippen LogP contribution >= 0.6 is 0 Å². The Kier molecular flexibility index (Phi) is 14.4. The first-order valence-corrected chi connectivity index (χ1v) is 20.9. The standard InChI is InChI=1S/C41H76N4O2/c1-30(16-19-38(47)45-32-14-9-8-10-15-32)34-17-18-35-39-36(21-23-41(34,35)3)40(2)22-20-33(28-31(40)29-37(39)46)44-27-13-26-43-25-12-7-5-4-6-11-24-42/h30-37,39,43-44,46H,4-29,42H2,1-3H3,(H,45,47)/t30-,31?,33+,34-,35?,36?,37-,39?,40+,41-/m1/s1. The van der Waals surface area contributed by atoms with Gasteiger partial charge in [0.2, 0.25) is 5.91 Å². The second-order valence-electron chi connectivity index (χ2n) is 17.9. The first-order chi connectivity index (χ1) is 22.8. The van der Waals surface area contributed by atoms with Gasteiger partial charge in [-0.25, -0.2) is 0 Å². The number of carbonyl (C=O) groups is 1. The van der Waals surface area contributed by atoms with Crippen LogP contribution in [0, 0.1) is 46.3 Å². The molecule has 0 radical (unpaired) electrons. The number of aliphatic hydroxyl groups excluding tert-OH is 1. The molecule has 47 heavy (non-hydrogen) atoms. The lowest BCUT2D eigenvalue weighted by Gasteiger charge is -2.62. The molecule has 6 heteroatoms. The van der Waals surface area contributed by atoms with Gasteiger partial charge in [-0.3, -0.25) is 4.79 Å². The Bertz CT molecular complexity index is 940. The van der Waals surface area contributed by atoms with E-state index in [2.05, 4.69) is 36.7 Å². The maximum Gasteiger partial charge on any atom is 0.220 e. The molecule has 0 aromatic carbocycles. The van der Waals surface area contributed by atoms with Gasteiger partial charge in [0.15, 0.2) is 0 Å². The topological polar surface area (TPSA) is 99.4 Å². The van der Waals surface area contributed by atoms with Gasteiger partial charge in [-0.1, -0.05) is 65.7 Å². The van der Waals surface area contributed by atoms with Crippen molar-refractivity contribution >= 4 is 5.91 Å². The van der Waals surface area contributed by atoms with Gasteiger partial charge in [0.1, 0.15) is 0 Å². The number of nitrogens with one attached hydrogen (secondary N) is 3. The summed E-state index contributed by atoms with van der Waals surface area (Å²) < 4.78 is 0. The van der Waals surface area contributed by atoms with Gasteiger partial charge in [0.05, 0.1) is 6.10 Å². The zero-order valence-corrected chi connectivity index (χ0v) is 31.0. The third-order valence-electron chi connectivity index (χ3n) is 15.0. The predicted molar refractivity (Wildman–Crippen MR) is 196 cm³/mol. The van der Waals surface area contributed by atoms with Crippen LogP contribution in [0.1, 0.15) is 162 Å². The molecule has 0 spiro atoms. The third-order valence-corrected chi connectivity index (χ3v) is 15.0. The molecule has 5 saturated carbocycles. The van der Waals surface area contributed by atoms with Crippen molar-refractivity contribution < 1.29 is 9.90 Å². The van der Waals surface area contributed by atoms with Crippen LogP contribution in [0.15, 0.2) is 0 Å². The number of fused-ring (bicyclic) bond motifs is 5. The highest BCUT2D eigenvalue weighted by Gasteiger charge is 2.62. The van der Waals surface area contributed by atoms with Crippen LogP contribution in [0.25, 0.3) is 0 Å². The fourth-order valence-electron chi connectivity index (χ4n) is 12.2. The Morgan fingerprint density at radius 3 is 2.28 bits per heavy atom. The number of amides is 1. The van der Waals surface area contributed by atoms with Crippen molar-refractivity contribution in [2.24, 2.45) is 52.1 Å². The van der Waals surface area contributed by atoms with Crippen molar-refractivity contribution in [1.82, 2.24) is 16.0 Å². The van der Waals surface area contributed by atoms with Gasteiger partial charge >= 0.3 is 0 Å². The van der Waals surface area contributed by atoms with E-state index >= 15 is 0 Å². The zero-order valence-electron chi connectivity index (χ0n) is 31.0. The first-order valence-electron chi connectivity index (χ1n) is 20.9. The Balaban J connectivity index is 1.03. The Morgan fingerprint density at radius 2 is 1.49 bits per heavy atom. The lowest BCUT2D eigenvalue weighted by molar-refractivity contribution is -0.167. The van der Waals surface area contributed by atoms with Crippen molar-refractivity contribution in [2.75, 3.05) is 26.2 Å². The van der Waals surface area contributed by atoms with Gasteiger partial charge in [-0.2, -0.15) is 0 Å². The molecular formula is C41H76N4O2. The predicted octanol–water partition coefficient (Wildman–Crippen LogP) is 7.72. The molecule has 272 valence electrons. The second kappa shape index (κ2) is 18.0. The normalized spacial score (nSPS) is 37.9. The van der Waals surface area contributed by atoms with E-state index in [4.69, 9.17) is 5.73 Å². The van der Waals surface area contributed by atoms with Gasteiger partial charge in [-0.05, 0) is 162 Å². The van der Waals surface area contributed by atoms with E-state index in [1.165, 1.54) is 122 Å². The van der Waals surface area contributed by atoms with Crippen LogP contribution in [0.2, 0.25) is 0 Å². The lowest BCUT2D eigenvalue weighted by atomic mass is 9.43. The molecule has 1 amide bonds. The molecule has 0 aromatic heterocycles. The van der Waals surface area contributed by atoms with Crippen molar-refractivity contribution in [1.29, 1.82) is 0 Å². The van der Waals surface area contributed by atoms with Crippen molar-refractivity contribution in [2.45, 2.75) is 180 Å². The summed E-state index contributed by atoms with van der Waals surface area (Å²) in [5.41, 5.74) is 6.29. The van der Waals surface area contributed by atoms with Gasteiger partial charge in [-0.15, -0.1) is 0 Å². The Labute approximate surface area is 289 Å². The second-order valence-corrected chi connectivity index (χ2v) is 17.9. The number of aliphatic hydroxyl groups is 1. The molecule has 5 aliphatic carbocycles. The van der Waals surface area contributed by atoms with Crippen molar-refractivity contribution in [3.05, 3.63) is 0 Å². The summed E-state index contributed by atoms with van der Waals surface area (Å²) in [4.78, 5) is 12.8. The highest BCUT2D eigenvalue weighted by Crippen LogP contribution is 2.68. The maximum absolute atomic E-state index is 12.8. The van der Waals surface area contributed by atoms with Crippen molar-refractivity contribution in [3.63, 3.8) is 0 Å². The average Bonchev–Trinajstić information content (AvgIpc) is 3.42. The molecule has 6 nitrogen and oxygen atoms in total. The average molecular weight is 657 g/mol. The minimum Gasteiger partial charge on any atom is -0.393 e. The molecule has 5 rings (SSSR count). The van der Waals surface area contributed by atoms with Crippen molar-refractivity contribution in [3.8, 4) is 0 Å². The number of carbonyl (C=O) groups excluding carboxylic acids is 1. The van der Waals surface area contributed by atoms with Gasteiger partial charge in [0.25, 0.3) is 0 Å². The molecule has 0 aliphatic heterocycles. The summed E-state index contributed by atoms with van der Waals surface area (Å²) in [7, 11) is 0. The summed E-state index contributed by atoms with van der Waals surface area (Å²) in [5, 5.41) is 22.8. The fraction of sp³-hybridized carbons (Fsp3) is 0.976. The Hall–Kier alpha value is -0.690. The summed E-state index contributed by atoms with van der Waals surface area (Å²) in [5.74, 6) is 4.00.